The van der Waals surface area contributed by atoms with Crippen LogP contribution < -0.4 is 5.32 Å². The first-order chi connectivity index (χ1) is 7.19. The van der Waals surface area contributed by atoms with Gasteiger partial charge in [-0.05, 0) is 20.0 Å². The van der Waals surface area contributed by atoms with E-state index in [1.165, 1.54) is 0 Å². The summed E-state index contributed by atoms with van der Waals surface area (Å²) in [6, 6.07) is 1.68. The van der Waals surface area contributed by atoms with Gasteiger partial charge in [0.25, 0.3) is 0 Å². The summed E-state index contributed by atoms with van der Waals surface area (Å²) in [4.78, 5) is 4.20. The second-order valence-corrected chi connectivity index (χ2v) is 3.86. The molecular weight excluding hydrogens is 235 g/mol. The largest absolute Gasteiger partial charge is 0.380 e. The number of halogens is 2. The molecule has 1 rings (SSSR count). The molecule has 1 atom stereocenters. The van der Waals surface area contributed by atoms with E-state index in [1.54, 1.807) is 12.3 Å². The number of likely N-dealkylation sites (N-methyl/N-ethyl adjacent to an activating group) is 1. The zero-order valence-corrected chi connectivity index (χ0v) is 10.3. The lowest BCUT2D eigenvalue weighted by Crippen LogP contribution is -2.23. The van der Waals surface area contributed by atoms with E-state index in [-0.39, 0.29) is 6.04 Å². The van der Waals surface area contributed by atoms with Crippen LogP contribution in [0.2, 0.25) is 10.0 Å². The number of ether oxygens (including phenoxy) is 1. The number of rotatable bonds is 5. The van der Waals surface area contributed by atoms with Crippen LogP contribution in [0, 0.1) is 0 Å². The normalized spacial score (nSPS) is 12.8. The van der Waals surface area contributed by atoms with Crippen LogP contribution in [0.5, 0.6) is 0 Å². The molecule has 0 aliphatic heterocycles. The van der Waals surface area contributed by atoms with Gasteiger partial charge in [0.15, 0.2) is 0 Å². The Morgan fingerprint density at radius 1 is 1.53 bits per heavy atom. The fourth-order valence-electron chi connectivity index (χ4n) is 1.22. The molecule has 84 valence electrons. The van der Waals surface area contributed by atoms with E-state index in [9.17, 15) is 0 Å². The standard InChI is InChI=1S/C10H14Cl2N2O/c1-3-15-6-9(13-2)10-8(12)4-7(11)5-14-10/h4-5,9,13H,3,6H2,1-2H3. The molecule has 15 heavy (non-hydrogen) atoms. The molecule has 0 radical (unpaired) electrons. The first-order valence-corrected chi connectivity index (χ1v) is 5.50. The summed E-state index contributed by atoms with van der Waals surface area (Å²) in [5, 5.41) is 4.19. The maximum absolute atomic E-state index is 6.04. The van der Waals surface area contributed by atoms with Crippen LogP contribution in [0.1, 0.15) is 18.7 Å². The van der Waals surface area contributed by atoms with E-state index >= 15 is 0 Å². The molecule has 0 spiro atoms. The third-order valence-electron chi connectivity index (χ3n) is 2.00. The van der Waals surface area contributed by atoms with Crippen molar-refractivity contribution in [1.82, 2.24) is 10.3 Å². The minimum atomic E-state index is -0.00489. The summed E-state index contributed by atoms with van der Waals surface area (Å²) in [6.45, 7) is 3.16. The predicted molar refractivity (Wildman–Crippen MR) is 62.6 cm³/mol. The van der Waals surface area contributed by atoms with Crippen LogP contribution in [-0.4, -0.2) is 25.2 Å². The van der Waals surface area contributed by atoms with Crippen LogP contribution in [0.3, 0.4) is 0 Å². The lowest BCUT2D eigenvalue weighted by Gasteiger charge is -2.16. The van der Waals surface area contributed by atoms with Crippen molar-refractivity contribution in [3.63, 3.8) is 0 Å². The molecule has 0 aromatic carbocycles. The topological polar surface area (TPSA) is 34.1 Å². The van der Waals surface area contributed by atoms with Gasteiger partial charge in [-0.25, -0.2) is 0 Å². The molecule has 0 saturated heterocycles. The molecule has 0 aliphatic rings. The smallest absolute Gasteiger partial charge is 0.0783 e. The van der Waals surface area contributed by atoms with Crippen LogP contribution in [0.15, 0.2) is 12.3 Å². The highest BCUT2D eigenvalue weighted by atomic mass is 35.5. The monoisotopic (exact) mass is 248 g/mol. The quantitative estimate of drug-likeness (QED) is 0.871. The van der Waals surface area contributed by atoms with Gasteiger partial charge in [-0.15, -0.1) is 0 Å². The van der Waals surface area contributed by atoms with E-state index < -0.39 is 0 Å². The molecule has 0 amide bonds. The highest BCUT2D eigenvalue weighted by Gasteiger charge is 2.14. The van der Waals surface area contributed by atoms with E-state index in [1.807, 2.05) is 14.0 Å². The van der Waals surface area contributed by atoms with Gasteiger partial charge in [0.05, 0.1) is 28.4 Å². The van der Waals surface area contributed by atoms with Gasteiger partial charge in [-0.1, -0.05) is 23.2 Å². The Morgan fingerprint density at radius 2 is 2.27 bits per heavy atom. The third kappa shape index (κ3) is 3.61. The molecule has 0 bridgehead atoms. The Labute approximate surface area is 99.7 Å². The zero-order chi connectivity index (χ0) is 11.3. The average Bonchev–Trinajstić information content (AvgIpc) is 2.21. The Bertz CT molecular complexity index is 320. The molecule has 0 fully saturated rings. The summed E-state index contributed by atoms with van der Waals surface area (Å²) in [7, 11) is 1.84. The van der Waals surface area contributed by atoms with Gasteiger partial charge in [0, 0.05) is 12.8 Å². The minimum absolute atomic E-state index is 0.00489. The number of nitrogens with one attached hydrogen (secondary N) is 1. The van der Waals surface area contributed by atoms with Crippen LogP contribution in [0.25, 0.3) is 0 Å². The maximum atomic E-state index is 6.04. The number of nitrogens with zero attached hydrogens (tertiary/aromatic N) is 1. The Balaban J connectivity index is 2.81. The van der Waals surface area contributed by atoms with Gasteiger partial charge >= 0.3 is 0 Å². The Kier molecular flexibility index (Phi) is 5.32. The lowest BCUT2D eigenvalue weighted by atomic mass is 10.2. The van der Waals surface area contributed by atoms with Crippen molar-refractivity contribution in [2.24, 2.45) is 0 Å². The van der Waals surface area contributed by atoms with Crippen molar-refractivity contribution in [3.05, 3.63) is 28.0 Å². The molecule has 1 heterocycles. The highest BCUT2D eigenvalue weighted by Crippen LogP contribution is 2.23. The summed E-state index contributed by atoms with van der Waals surface area (Å²) < 4.78 is 5.33. The molecule has 1 aromatic heterocycles. The fraction of sp³-hybridized carbons (Fsp3) is 0.500. The second kappa shape index (κ2) is 6.28. The predicted octanol–water partition coefficient (Wildman–Crippen LogP) is 2.69. The molecule has 1 aromatic rings. The summed E-state index contributed by atoms with van der Waals surface area (Å²) in [5.74, 6) is 0. The first-order valence-electron chi connectivity index (χ1n) is 4.75. The van der Waals surface area contributed by atoms with Crippen molar-refractivity contribution in [3.8, 4) is 0 Å². The van der Waals surface area contributed by atoms with Crippen molar-refractivity contribution in [2.75, 3.05) is 20.3 Å². The number of hydrogen-bond donors (Lipinski definition) is 1. The van der Waals surface area contributed by atoms with Crippen molar-refractivity contribution >= 4 is 23.2 Å². The fourth-order valence-corrected chi connectivity index (χ4v) is 1.73. The molecule has 5 heteroatoms. The summed E-state index contributed by atoms with van der Waals surface area (Å²) in [5.41, 5.74) is 0.761. The zero-order valence-electron chi connectivity index (χ0n) is 8.76. The lowest BCUT2D eigenvalue weighted by molar-refractivity contribution is 0.124. The van der Waals surface area contributed by atoms with Crippen molar-refractivity contribution in [1.29, 1.82) is 0 Å². The van der Waals surface area contributed by atoms with Crippen LogP contribution >= 0.6 is 23.2 Å². The molecular formula is C10H14Cl2N2O. The van der Waals surface area contributed by atoms with E-state index in [0.29, 0.717) is 23.3 Å². The third-order valence-corrected chi connectivity index (χ3v) is 2.51. The number of aromatic nitrogens is 1. The molecule has 0 saturated carbocycles. The Hall–Kier alpha value is -0.350. The maximum Gasteiger partial charge on any atom is 0.0783 e. The van der Waals surface area contributed by atoms with Crippen molar-refractivity contribution in [2.45, 2.75) is 13.0 Å². The molecule has 3 nitrogen and oxygen atoms in total. The molecule has 0 aliphatic carbocycles. The minimum Gasteiger partial charge on any atom is -0.380 e. The summed E-state index contributed by atoms with van der Waals surface area (Å²) >= 11 is 11.8. The van der Waals surface area contributed by atoms with Gasteiger partial charge in [-0.3, -0.25) is 4.98 Å². The second-order valence-electron chi connectivity index (χ2n) is 3.02. The van der Waals surface area contributed by atoms with Gasteiger partial charge in [0.1, 0.15) is 0 Å². The molecule has 1 N–H and O–H groups in total. The van der Waals surface area contributed by atoms with Crippen LogP contribution in [0.4, 0.5) is 0 Å². The van der Waals surface area contributed by atoms with E-state index in [0.717, 1.165) is 5.69 Å². The van der Waals surface area contributed by atoms with Gasteiger partial charge < -0.3 is 10.1 Å². The van der Waals surface area contributed by atoms with E-state index in [4.69, 9.17) is 27.9 Å². The highest BCUT2D eigenvalue weighted by molar-refractivity contribution is 6.34. The number of hydrogen-bond acceptors (Lipinski definition) is 3. The van der Waals surface area contributed by atoms with Crippen molar-refractivity contribution < 1.29 is 4.74 Å². The van der Waals surface area contributed by atoms with Crippen LogP contribution in [-0.2, 0) is 4.74 Å². The van der Waals surface area contributed by atoms with Gasteiger partial charge in [-0.2, -0.15) is 0 Å². The first kappa shape index (κ1) is 12.7. The van der Waals surface area contributed by atoms with E-state index in [2.05, 4.69) is 10.3 Å². The SMILES string of the molecule is CCOCC(NC)c1ncc(Cl)cc1Cl. The number of pyridine rings is 1. The average molecular weight is 249 g/mol. The van der Waals surface area contributed by atoms with Gasteiger partial charge in [0.2, 0.25) is 0 Å². The summed E-state index contributed by atoms with van der Waals surface area (Å²) in [6.07, 6.45) is 1.58. The Morgan fingerprint density at radius 3 is 2.80 bits per heavy atom. The molecule has 1 unspecified atom stereocenters.